The number of aryl methyl sites for hydroxylation is 1. The summed E-state index contributed by atoms with van der Waals surface area (Å²) in [5, 5.41) is 12.0. The van der Waals surface area contributed by atoms with Gasteiger partial charge in [-0.15, -0.1) is 0 Å². The number of nitrogens with zero attached hydrogens (tertiary/aromatic N) is 1. The third-order valence-electron chi connectivity index (χ3n) is 3.22. The number of nitrogens with two attached hydrogens (primary N) is 1. The van der Waals surface area contributed by atoms with Gasteiger partial charge in [0.05, 0.1) is 12.6 Å². The number of rotatable bonds is 2. The van der Waals surface area contributed by atoms with Crippen LogP contribution in [0, 0.1) is 6.92 Å². The molecule has 2 amide bonds. The Morgan fingerprint density at radius 2 is 2.17 bits per heavy atom. The normalized spacial score (nSPS) is 23.2. The number of amides is 2. The predicted molar refractivity (Wildman–Crippen MR) is 70.4 cm³/mol. The molecule has 1 heterocycles. The first-order chi connectivity index (χ1) is 8.60. The Balaban J connectivity index is 2.01. The summed E-state index contributed by atoms with van der Waals surface area (Å²) in [6, 6.07) is 7.17. The minimum Gasteiger partial charge on any atom is -0.394 e. The third kappa shape index (κ3) is 2.80. The van der Waals surface area contributed by atoms with Crippen molar-refractivity contribution in [3.05, 3.63) is 29.8 Å². The second-order valence-electron chi connectivity index (χ2n) is 4.78. The van der Waals surface area contributed by atoms with E-state index in [1.807, 2.05) is 31.2 Å². The second-order valence-corrected chi connectivity index (χ2v) is 4.78. The summed E-state index contributed by atoms with van der Waals surface area (Å²) < 4.78 is 0. The predicted octanol–water partition coefficient (Wildman–Crippen LogP) is 0.921. The Morgan fingerprint density at radius 3 is 2.78 bits per heavy atom. The first-order valence-electron chi connectivity index (χ1n) is 6.11. The average molecular weight is 249 g/mol. The van der Waals surface area contributed by atoms with Gasteiger partial charge in [0.2, 0.25) is 0 Å². The number of aliphatic hydroxyl groups excluding tert-OH is 1. The molecule has 0 aliphatic carbocycles. The quantitative estimate of drug-likeness (QED) is 0.729. The Bertz CT molecular complexity index is 419. The van der Waals surface area contributed by atoms with E-state index in [-0.39, 0.29) is 24.7 Å². The van der Waals surface area contributed by atoms with E-state index in [0.29, 0.717) is 13.0 Å². The fourth-order valence-electron chi connectivity index (χ4n) is 2.21. The highest BCUT2D eigenvalue weighted by atomic mass is 16.3. The molecular formula is C13H19N3O2. The van der Waals surface area contributed by atoms with Crippen molar-refractivity contribution in [2.75, 3.05) is 18.5 Å². The van der Waals surface area contributed by atoms with E-state index in [0.717, 1.165) is 11.3 Å². The van der Waals surface area contributed by atoms with Crippen LogP contribution in [0.1, 0.15) is 12.0 Å². The van der Waals surface area contributed by atoms with Crippen LogP contribution in [0.25, 0.3) is 0 Å². The van der Waals surface area contributed by atoms with Crippen LogP contribution >= 0.6 is 0 Å². The molecule has 0 unspecified atom stereocenters. The number of benzene rings is 1. The molecule has 18 heavy (non-hydrogen) atoms. The van der Waals surface area contributed by atoms with Gasteiger partial charge >= 0.3 is 6.03 Å². The zero-order chi connectivity index (χ0) is 13.1. The summed E-state index contributed by atoms with van der Waals surface area (Å²) in [6.07, 6.45) is 0.651. The molecule has 0 bridgehead atoms. The number of likely N-dealkylation sites (tertiary alicyclic amines) is 1. The van der Waals surface area contributed by atoms with Gasteiger partial charge in [-0.25, -0.2) is 4.79 Å². The van der Waals surface area contributed by atoms with Crippen LogP contribution in [0.15, 0.2) is 24.3 Å². The van der Waals surface area contributed by atoms with Gasteiger partial charge in [0.15, 0.2) is 0 Å². The Kier molecular flexibility index (Phi) is 3.84. The van der Waals surface area contributed by atoms with E-state index in [4.69, 9.17) is 5.73 Å². The van der Waals surface area contributed by atoms with E-state index in [2.05, 4.69) is 5.32 Å². The van der Waals surface area contributed by atoms with Crippen molar-refractivity contribution < 1.29 is 9.90 Å². The standard InChI is InChI=1S/C13H19N3O2/c1-9-2-4-11(5-3-9)15-13(18)16-7-10(14)6-12(16)8-17/h2-5,10,12,17H,6-8,14H2,1H3,(H,15,18)/t10-,12+/m1/s1. The summed E-state index contributed by atoms with van der Waals surface area (Å²) >= 11 is 0. The lowest BCUT2D eigenvalue weighted by atomic mass is 10.2. The van der Waals surface area contributed by atoms with Crippen molar-refractivity contribution in [3.8, 4) is 0 Å². The largest absolute Gasteiger partial charge is 0.394 e. The monoisotopic (exact) mass is 249 g/mol. The minimum atomic E-state index is -0.203. The lowest BCUT2D eigenvalue weighted by Gasteiger charge is -2.23. The highest BCUT2D eigenvalue weighted by molar-refractivity contribution is 5.89. The molecule has 0 spiro atoms. The molecule has 4 N–H and O–H groups in total. The van der Waals surface area contributed by atoms with E-state index in [9.17, 15) is 9.90 Å². The molecule has 1 aliphatic heterocycles. The van der Waals surface area contributed by atoms with Crippen LogP contribution in [-0.2, 0) is 0 Å². The number of anilines is 1. The van der Waals surface area contributed by atoms with Gasteiger partial charge in [-0.05, 0) is 25.5 Å². The van der Waals surface area contributed by atoms with E-state index < -0.39 is 0 Å². The Hall–Kier alpha value is -1.59. The Morgan fingerprint density at radius 1 is 1.50 bits per heavy atom. The Labute approximate surface area is 107 Å². The third-order valence-corrected chi connectivity index (χ3v) is 3.22. The van der Waals surface area contributed by atoms with Gasteiger partial charge in [-0.3, -0.25) is 0 Å². The lowest BCUT2D eigenvalue weighted by molar-refractivity contribution is 0.166. The maximum absolute atomic E-state index is 12.1. The first kappa shape index (κ1) is 12.9. The molecule has 1 fully saturated rings. The topological polar surface area (TPSA) is 78.6 Å². The molecule has 0 aromatic heterocycles. The van der Waals surface area contributed by atoms with Crippen molar-refractivity contribution in [3.63, 3.8) is 0 Å². The van der Waals surface area contributed by atoms with Crippen molar-refractivity contribution in [2.45, 2.75) is 25.4 Å². The van der Waals surface area contributed by atoms with E-state index in [1.165, 1.54) is 0 Å². The molecule has 2 rings (SSSR count). The van der Waals surface area contributed by atoms with Gasteiger partial charge < -0.3 is 21.1 Å². The molecular weight excluding hydrogens is 230 g/mol. The number of aliphatic hydroxyl groups is 1. The van der Waals surface area contributed by atoms with Crippen molar-refractivity contribution in [1.82, 2.24) is 4.90 Å². The summed E-state index contributed by atoms with van der Waals surface area (Å²) in [5.41, 5.74) is 7.70. The summed E-state index contributed by atoms with van der Waals surface area (Å²) in [4.78, 5) is 13.7. The fraction of sp³-hybridized carbons (Fsp3) is 0.462. The van der Waals surface area contributed by atoms with Gasteiger partial charge in [-0.1, -0.05) is 17.7 Å². The fourth-order valence-corrected chi connectivity index (χ4v) is 2.21. The molecule has 98 valence electrons. The number of urea groups is 1. The van der Waals surface area contributed by atoms with E-state index in [1.54, 1.807) is 4.90 Å². The van der Waals surface area contributed by atoms with Crippen molar-refractivity contribution in [2.24, 2.45) is 5.73 Å². The van der Waals surface area contributed by atoms with Crippen LogP contribution in [0.3, 0.4) is 0 Å². The van der Waals surface area contributed by atoms with Gasteiger partial charge in [-0.2, -0.15) is 0 Å². The van der Waals surface area contributed by atoms with Crippen LogP contribution in [0.2, 0.25) is 0 Å². The molecule has 1 saturated heterocycles. The highest BCUT2D eigenvalue weighted by Crippen LogP contribution is 2.18. The van der Waals surface area contributed by atoms with Gasteiger partial charge in [0.25, 0.3) is 0 Å². The van der Waals surface area contributed by atoms with E-state index >= 15 is 0 Å². The van der Waals surface area contributed by atoms with Crippen LogP contribution in [0.4, 0.5) is 10.5 Å². The molecule has 0 radical (unpaired) electrons. The maximum Gasteiger partial charge on any atom is 0.322 e. The lowest BCUT2D eigenvalue weighted by Crippen LogP contribution is -2.41. The van der Waals surface area contributed by atoms with Crippen LogP contribution < -0.4 is 11.1 Å². The molecule has 5 nitrogen and oxygen atoms in total. The SMILES string of the molecule is Cc1ccc(NC(=O)N2C[C@H](N)C[C@H]2CO)cc1. The summed E-state index contributed by atoms with van der Waals surface area (Å²) in [5.74, 6) is 0. The molecule has 1 aromatic carbocycles. The highest BCUT2D eigenvalue weighted by Gasteiger charge is 2.32. The summed E-state index contributed by atoms with van der Waals surface area (Å²) in [6.45, 7) is 2.44. The average Bonchev–Trinajstić information content (AvgIpc) is 2.73. The van der Waals surface area contributed by atoms with Crippen LogP contribution in [0.5, 0.6) is 0 Å². The smallest absolute Gasteiger partial charge is 0.322 e. The zero-order valence-corrected chi connectivity index (χ0v) is 10.5. The number of hydrogen-bond acceptors (Lipinski definition) is 3. The first-order valence-corrected chi connectivity index (χ1v) is 6.11. The molecule has 1 aromatic rings. The number of hydrogen-bond donors (Lipinski definition) is 3. The zero-order valence-electron chi connectivity index (χ0n) is 10.5. The maximum atomic E-state index is 12.1. The molecule has 1 aliphatic rings. The van der Waals surface area contributed by atoms with Crippen molar-refractivity contribution >= 4 is 11.7 Å². The van der Waals surface area contributed by atoms with Gasteiger partial charge in [0.1, 0.15) is 0 Å². The second kappa shape index (κ2) is 5.37. The van der Waals surface area contributed by atoms with Gasteiger partial charge in [0, 0.05) is 18.3 Å². The van der Waals surface area contributed by atoms with Crippen LogP contribution in [-0.4, -0.2) is 41.3 Å². The molecule has 2 atom stereocenters. The number of carbonyl (C=O) groups is 1. The van der Waals surface area contributed by atoms with Crippen molar-refractivity contribution in [1.29, 1.82) is 0 Å². The minimum absolute atomic E-state index is 0.0466. The summed E-state index contributed by atoms with van der Waals surface area (Å²) in [7, 11) is 0. The molecule has 0 saturated carbocycles. The number of nitrogens with one attached hydrogen (secondary N) is 1. The number of carbonyl (C=O) groups excluding carboxylic acids is 1. The molecule has 5 heteroatoms.